The third-order valence-corrected chi connectivity index (χ3v) is 4.61. The summed E-state index contributed by atoms with van der Waals surface area (Å²) in [7, 11) is -3.91. The molecule has 0 spiro atoms. The Morgan fingerprint density at radius 3 is 2.71 bits per heavy atom. The van der Waals surface area contributed by atoms with Crippen LogP contribution in [0.15, 0.2) is 23.1 Å². The maximum atomic E-state index is 12.2. The lowest BCUT2D eigenvalue weighted by molar-refractivity contribution is -0.384. The second kappa shape index (κ2) is 5.66. The number of piperidine rings is 1. The number of nitrogens with one attached hydrogen (secondary N) is 2. The summed E-state index contributed by atoms with van der Waals surface area (Å²) in [4.78, 5) is 20.8. The van der Waals surface area contributed by atoms with Gasteiger partial charge in [-0.15, -0.1) is 0 Å². The monoisotopic (exact) mass is 314 g/mol. The first kappa shape index (κ1) is 15.2. The van der Waals surface area contributed by atoms with Crippen LogP contribution in [0.5, 0.6) is 0 Å². The van der Waals surface area contributed by atoms with Gasteiger partial charge in [0.2, 0.25) is 15.9 Å². The van der Waals surface area contributed by atoms with Crippen molar-refractivity contribution >= 4 is 27.3 Å². The van der Waals surface area contributed by atoms with Crippen LogP contribution in [-0.4, -0.2) is 31.8 Å². The maximum Gasteiger partial charge on any atom is 0.293 e. The van der Waals surface area contributed by atoms with Gasteiger partial charge in [0.05, 0.1) is 9.82 Å². The minimum Gasteiger partial charge on any atom is -0.393 e. The number of nitrogen functional groups attached to an aromatic ring is 1. The van der Waals surface area contributed by atoms with Crippen molar-refractivity contribution in [2.75, 3.05) is 12.3 Å². The highest BCUT2D eigenvalue weighted by Crippen LogP contribution is 2.25. The summed E-state index contributed by atoms with van der Waals surface area (Å²) in [6.07, 6.45) is 0.608. The van der Waals surface area contributed by atoms with Crippen molar-refractivity contribution in [1.29, 1.82) is 0 Å². The number of nitrogens with zero attached hydrogens (tertiary/aromatic N) is 1. The highest BCUT2D eigenvalue weighted by molar-refractivity contribution is 7.89. The number of hydrogen-bond donors (Lipinski definition) is 3. The van der Waals surface area contributed by atoms with E-state index in [9.17, 15) is 23.3 Å². The van der Waals surface area contributed by atoms with Gasteiger partial charge < -0.3 is 11.1 Å². The minimum absolute atomic E-state index is 0.108. The summed E-state index contributed by atoms with van der Waals surface area (Å²) >= 11 is 0. The van der Waals surface area contributed by atoms with Gasteiger partial charge in [-0.3, -0.25) is 14.9 Å². The molecule has 10 heteroatoms. The van der Waals surface area contributed by atoms with E-state index in [0.717, 1.165) is 6.07 Å². The first-order chi connectivity index (χ1) is 9.79. The summed E-state index contributed by atoms with van der Waals surface area (Å²) in [5, 5.41) is 13.3. The van der Waals surface area contributed by atoms with Gasteiger partial charge in [0.1, 0.15) is 5.69 Å². The van der Waals surface area contributed by atoms with E-state index in [1.807, 2.05) is 0 Å². The molecule has 2 rings (SSSR count). The number of carbonyl (C=O) groups excluding carboxylic acids is 1. The van der Waals surface area contributed by atoms with E-state index < -0.39 is 26.7 Å². The number of anilines is 1. The predicted octanol–water partition coefficient (Wildman–Crippen LogP) is -0.266. The minimum atomic E-state index is -3.91. The zero-order valence-electron chi connectivity index (χ0n) is 10.9. The first-order valence-electron chi connectivity index (χ1n) is 6.12. The lowest BCUT2D eigenvalue weighted by Gasteiger charge is -2.23. The van der Waals surface area contributed by atoms with E-state index in [1.165, 1.54) is 12.1 Å². The van der Waals surface area contributed by atoms with E-state index in [-0.39, 0.29) is 29.5 Å². The molecule has 1 aliphatic heterocycles. The molecule has 1 heterocycles. The molecule has 0 saturated carbocycles. The van der Waals surface area contributed by atoms with Crippen molar-refractivity contribution in [1.82, 2.24) is 10.0 Å². The fourth-order valence-electron chi connectivity index (χ4n) is 1.97. The summed E-state index contributed by atoms with van der Waals surface area (Å²) in [5.74, 6) is -0.131. The van der Waals surface area contributed by atoms with E-state index in [2.05, 4.69) is 10.0 Å². The number of carbonyl (C=O) groups is 1. The van der Waals surface area contributed by atoms with E-state index in [4.69, 9.17) is 5.73 Å². The molecule has 1 saturated heterocycles. The van der Waals surface area contributed by atoms with Crippen molar-refractivity contribution in [2.45, 2.75) is 23.8 Å². The highest BCUT2D eigenvalue weighted by Gasteiger charge is 2.26. The smallest absolute Gasteiger partial charge is 0.293 e. The van der Waals surface area contributed by atoms with Gasteiger partial charge in [-0.1, -0.05) is 0 Å². The van der Waals surface area contributed by atoms with Gasteiger partial charge in [0, 0.05) is 25.1 Å². The highest BCUT2D eigenvalue weighted by atomic mass is 32.2. The molecule has 0 aromatic heterocycles. The number of nitro benzene ring substituents is 1. The number of benzene rings is 1. The summed E-state index contributed by atoms with van der Waals surface area (Å²) < 4.78 is 26.8. The second-order valence-electron chi connectivity index (χ2n) is 4.64. The molecule has 114 valence electrons. The Labute approximate surface area is 120 Å². The Kier molecular flexibility index (Phi) is 4.09. The van der Waals surface area contributed by atoms with Crippen LogP contribution < -0.4 is 15.8 Å². The number of sulfonamides is 1. The standard InChI is InChI=1S/C11H14N4O5S/c12-9-3-2-8(5-10(9)15(17)18)21(19,20)14-7-1-4-11(16)13-6-7/h2-3,5,7,14H,1,4,6,12H2,(H,13,16). The molecule has 1 unspecified atom stereocenters. The third-order valence-electron chi connectivity index (χ3n) is 3.10. The van der Waals surface area contributed by atoms with Crippen LogP contribution in [0.1, 0.15) is 12.8 Å². The Balaban J connectivity index is 2.21. The van der Waals surface area contributed by atoms with Crippen molar-refractivity contribution in [3.05, 3.63) is 28.3 Å². The Bertz CT molecular complexity index is 678. The largest absolute Gasteiger partial charge is 0.393 e. The molecule has 1 aromatic carbocycles. The molecule has 1 amide bonds. The van der Waals surface area contributed by atoms with Gasteiger partial charge in [0.15, 0.2) is 0 Å². The van der Waals surface area contributed by atoms with Crippen molar-refractivity contribution in [2.24, 2.45) is 0 Å². The summed E-state index contributed by atoms with van der Waals surface area (Å²) in [5.41, 5.74) is 4.86. The number of nitro groups is 1. The normalized spacial score (nSPS) is 19.0. The average Bonchev–Trinajstić information content (AvgIpc) is 2.41. The van der Waals surface area contributed by atoms with E-state index in [1.54, 1.807) is 0 Å². The summed E-state index contributed by atoms with van der Waals surface area (Å²) in [6.45, 7) is 0.190. The fraction of sp³-hybridized carbons (Fsp3) is 0.364. The van der Waals surface area contributed by atoms with Crippen LogP contribution in [0.4, 0.5) is 11.4 Å². The van der Waals surface area contributed by atoms with E-state index >= 15 is 0 Å². The Morgan fingerprint density at radius 2 is 2.14 bits per heavy atom. The SMILES string of the molecule is Nc1ccc(S(=O)(=O)NC2CCC(=O)NC2)cc1[N+](=O)[O-]. The zero-order valence-corrected chi connectivity index (χ0v) is 11.7. The zero-order chi connectivity index (χ0) is 15.6. The first-order valence-corrected chi connectivity index (χ1v) is 7.61. The second-order valence-corrected chi connectivity index (χ2v) is 6.35. The lowest BCUT2D eigenvalue weighted by Crippen LogP contribution is -2.47. The Hall–Kier alpha value is -2.20. The molecule has 1 aromatic rings. The van der Waals surface area contributed by atoms with Gasteiger partial charge in [-0.2, -0.15) is 0 Å². The van der Waals surface area contributed by atoms with E-state index in [0.29, 0.717) is 6.42 Å². The molecule has 0 aliphatic carbocycles. The van der Waals surface area contributed by atoms with Crippen LogP contribution in [0.25, 0.3) is 0 Å². The van der Waals surface area contributed by atoms with Crippen LogP contribution >= 0.6 is 0 Å². The van der Waals surface area contributed by atoms with Crippen molar-refractivity contribution in [3.8, 4) is 0 Å². The molecular weight excluding hydrogens is 300 g/mol. The van der Waals surface area contributed by atoms with Crippen LogP contribution in [0.3, 0.4) is 0 Å². The molecule has 0 bridgehead atoms. The Morgan fingerprint density at radius 1 is 1.43 bits per heavy atom. The number of nitrogens with two attached hydrogens (primary N) is 1. The summed E-state index contributed by atoms with van der Waals surface area (Å²) in [6, 6.07) is 2.85. The quantitative estimate of drug-likeness (QED) is 0.396. The van der Waals surface area contributed by atoms with Crippen molar-refractivity contribution in [3.63, 3.8) is 0 Å². The third kappa shape index (κ3) is 3.47. The van der Waals surface area contributed by atoms with Crippen LogP contribution in [0, 0.1) is 10.1 Å². The number of amides is 1. The number of hydrogen-bond acceptors (Lipinski definition) is 6. The average molecular weight is 314 g/mol. The fourth-order valence-corrected chi connectivity index (χ4v) is 3.26. The van der Waals surface area contributed by atoms with Gasteiger partial charge >= 0.3 is 0 Å². The molecule has 1 fully saturated rings. The molecular formula is C11H14N4O5S. The topological polar surface area (TPSA) is 144 Å². The molecule has 1 atom stereocenters. The number of rotatable bonds is 4. The van der Waals surface area contributed by atoms with Gasteiger partial charge in [-0.05, 0) is 18.6 Å². The van der Waals surface area contributed by atoms with Gasteiger partial charge in [-0.25, -0.2) is 13.1 Å². The molecule has 9 nitrogen and oxygen atoms in total. The molecule has 4 N–H and O–H groups in total. The maximum absolute atomic E-state index is 12.2. The molecule has 1 aliphatic rings. The predicted molar refractivity (Wildman–Crippen MR) is 73.9 cm³/mol. The van der Waals surface area contributed by atoms with Crippen LogP contribution in [-0.2, 0) is 14.8 Å². The van der Waals surface area contributed by atoms with Crippen LogP contribution in [0.2, 0.25) is 0 Å². The van der Waals surface area contributed by atoms with Crippen molar-refractivity contribution < 1.29 is 18.1 Å². The van der Waals surface area contributed by atoms with Gasteiger partial charge in [0.25, 0.3) is 5.69 Å². The molecule has 0 radical (unpaired) electrons. The lowest BCUT2D eigenvalue weighted by atomic mass is 10.1. The molecule has 21 heavy (non-hydrogen) atoms.